The van der Waals surface area contributed by atoms with Crippen LogP contribution >= 0.6 is 0 Å². The molecule has 2 heterocycles. The molecule has 0 aliphatic carbocycles. The van der Waals surface area contributed by atoms with Crippen LogP contribution in [0.4, 0.5) is 4.79 Å². The van der Waals surface area contributed by atoms with Gasteiger partial charge in [0.25, 0.3) is 0 Å². The molecular weight excluding hydrogens is 366 g/mol. The molecule has 1 aromatic heterocycles. The zero-order valence-corrected chi connectivity index (χ0v) is 17.6. The summed E-state index contributed by atoms with van der Waals surface area (Å²) in [7, 11) is 0. The van der Waals surface area contributed by atoms with Gasteiger partial charge < -0.3 is 20.1 Å². The van der Waals surface area contributed by atoms with Crippen LogP contribution in [-0.2, 0) is 11.2 Å². The summed E-state index contributed by atoms with van der Waals surface area (Å²) in [6.07, 6.45) is 6.12. The van der Waals surface area contributed by atoms with E-state index in [9.17, 15) is 4.79 Å². The third kappa shape index (κ3) is 5.94. The maximum absolute atomic E-state index is 12.2. The van der Waals surface area contributed by atoms with Gasteiger partial charge in [-0.2, -0.15) is 0 Å². The van der Waals surface area contributed by atoms with Crippen LogP contribution in [0.1, 0.15) is 39.2 Å². The number of benzene rings is 1. The standard InChI is InChI=1S/C23H31N3O3/c1-23(2,3)29-22(27)26-11-9-20(26)16-28-21-13-19(14-25-15-21)18-8-4-6-17(12-18)7-5-10-24/h4,6,8,12-15,20H,5,7,9-11,16,24H2,1-3H3. The Kier molecular flexibility index (Phi) is 6.75. The van der Waals surface area contributed by atoms with Crippen molar-refractivity contribution in [3.05, 3.63) is 48.3 Å². The van der Waals surface area contributed by atoms with E-state index in [1.54, 1.807) is 11.1 Å². The van der Waals surface area contributed by atoms with Gasteiger partial charge in [-0.25, -0.2) is 4.79 Å². The monoisotopic (exact) mass is 397 g/mol. The van der Waals surface area contributed by atoms with Crippen molar-refractivity contribution in [2.75, 3.05) is 19.7 Å². The molecule has 1 aliphatic heterocycles. The van der Waals surface area contributed by atoms with Crippen LogP contribution in [0.5, 0.6) is 5.75 Å². The number of aryl methyl sites for hydroxylation is 1. The number of likely N-dealkylation sites (tertiary alicyclic amines) is 1. The fourth-order valence-corrected chi connectivity index (χ4v) is 3.24. The van der Waals surface area contributed by atoms with E-state index < -0.39 is 5.60 Å². The minimum atomic E-state index is -0.491. The molecule has 1 unspecified atom stereocenters. The van der Waals surface area contributed by atoms with Crippen molar-refractivity contribution in [1.82, 2.24) is 9.88 Å². The second kappa shape index (κ2) is 9.27. The van der Waals surface area contributed by atoms with Crippen molar-refractivity contribution in [3.8, 4) is 16.9 Å². The van der Waals surface area contributed by atoms with Crippen LogP contribution in [0, 0.1) is 0 Å². The zero-order chi connectivity index (χ0) is 20.9. The van der Waals surface area contributed by atoms with Crippen molar-refractivity contribution >= 4 is 6.09 Å². The molecule has 29 heavy (non-hydrogen) atoms. The average Bonchev–Trinajstić information content (AvgIpc) is 2.64. The second-order valence-corrected chi connectivity index (χ2v) is 8.43. The van der Waals surface area contributed by atoms with Crippen LogP contribution < -0.4 is 10.5 Å². The fraction of sp³-hybridized carbons (Fsp3) is 0.478. The third-order valence-electron chi connectivity index (χ3n) is 4.86. The quantitative estimate of drug-likeness (QED) is 0.763. The van der Waals surface area contributed by atoms with Crippen molar-refractivity contribution in [2.24, 2.45) is 5.73 Å². The summed E-state index contributed by atoms with van der Waals surface area (Å²) in [4.78, 5) is 18.3. The van der Waals surface area contributed by atoms with Gasteiger partial charge in [-0.05, 0) is 63.8 Å². The summed E-state index contributed by atoms with van der Waals surface area (Å²) in [6, 6.07) is 10.4. The van der Waals surface area contributed by atoms with E-state index in [2.05, 4.69) is 29.2 Å². The smallest absolute Gasteiger partial charge is 0.410 e. The Labute approximate surface area is 173 Å². The second-order valence-electron chi connectivity index (χ2n) is 8.43. The van der Waals surface area contributed by atoms with Crippen molar-refractivity contribution in [1.29, 1.82) is 0 Å². The number of hydrogen-bond donors (Lipinski definition) is 1. The largest absolute Gasteiger partial charge is 0.490 e. The topological polar surface area (TPSA) is 77.7 Å². The molecule has 1 atom stereocenters. The molecule has 1 saturated heterocycles. The number of ether oxygens (including phenoxy) is 2. The molecule has 1 amide bonds. The maximum atomic E-state index is 12.2. The predicted molar refractivity (Wildman–Crippen MR) is 114 cm³/mol. The third-order valence-corrected chi connectivity index (χ3v) is 4.86. The summed E-state index contributed by atoms with van der Waals surface area (Å²) in [6.45, 7) is 7.45. The molecule has 1 aromatic carbocycles. The van der Waals surface area contributed by atoms with Gasteiger partial charge in [-0.15, -0.1) is 0 Å². The van der Waals surface area contributed by atoms with Crippen molar-refractivity contribution in [3.63, 3.8) is 0 Å². The minimum absolute atomic E-state index is 0.0353. The summed E-state index contributed by atoms with van der Waals surface area (Å²) < 4.78 is 11.4. The van der Waals surface area contributed by atoms with E-state index in [0.29, 0.717) is 25.4 Å². The Morgan fingerprint density at radius 3 is 2.76 bits per heavy atom. The summed E-state index contributed by atoms with van der Waals surface area (Å²) in [5.41, 5.74) is 8.51. The first-order valence-electron chi connectivity index (χ1n) is 10.2. The molecule has 156 valence electrons. The van der Waals surface area contributed by atoms with Gasteiger partial charge in [-0.1, -0.05) is 24.3 Å². The molecule has 0 spiro atoms. The molecule has 0 radical (unpaired) electrons. The van der Waals surface area contributed by atoms with E-state index in [4.69, 9.17) is 15.2 Å². The highest BCUT2D eigenvalue weighted by atomic mass is 16.6. The summed E-state index contributed by atoms with van der Waals surface area (Å²) in [5, 5.41) is 0. The molecule has 6 nitrogen and oxygen atoms in total. The van der Waals surface area contributed by atoms with Crippen LogP contribution in [0.2, 0.25) is 0 Å². The lowest BCUT2D eigenvalue weighted by atomic mass is 10.0. The fourth-order valence-electron chi connectivity index (χ4n) is 3.24. The Bertz CT molecular complexity index is 832. The highest BCUT2D eigenvalue weighted by Gasteiger charge is 2.35. The number of pyridine rings is 1. The van der Waals surface area contributed by atoms with Crippen molar-refractivity contribution in [2.45, 2.75) is 51.7 Å². The summed E-state index contributed by atoms with van der Waals surface area (Å²) in [5.74, 6) is 0.700. The Morgan fingerprint density at radius 2 is 2.07 bits per heavy atom. The first-order chi connectivity index (χ1) is 13.9. The molecular formula is C23H31N3O3. The van der Waals surface area contributed by atoms with Gasteiger partial charge >= 0.3 is 6.09 Å². The first-order valence-corrected chi connectivity index (χ1v) is 10.2. The highest BCUT2D eigenvalue weighted by molar-refractivity contribution is 5.69. The van der Waals surface area contributed by atoms with Gasteiger partial charge in [0, 0.05) is 18.3 Å². The number of carbonyl (C=O) groups excluding carboxylic acids is 1. The van der Waals surface area contributed by atoms with Gasteiger partial charge in [0.1, 0.15) is 18.0 Å². The molecule has 2 aromatic rings. The number of amides is 1. The summed E-state index contributed by atoms with van der Waals surface area (Å²) >= 11 is 0. The Morgan fingerprint density at radius 1 is 1.24 bits per heavy atom. The Balaban J connectivity index is 1.60. The van der Waals surface area contributed by atoms with E-state index in [0.717, 1.165) is 30.4 Å². The number of rotatable bonds is 7. The average molecular weight is 398 g/mol. The number of hydrogen-bond acceptors (Lipinski definition) is 5. The molecule has 3 rings (SSSR count). The van der Waals surface area contributed by atoms with Gasteiger partial charge in [0.05, 0.1) is 12.2 Å². The molecule has 2 N–H and O–H groups in total. The Hall–Kier alpha value is -2.60. The van der Waals surface area contributed by atoms with E-state index >= 15 is 0 Å². The predicted octanol–water partition coefficient (Wildman–Crippen LogP) is 4.03. The molecule has 1 aliphatic rings. The van der Waals surface area contributed by atoms with Crippen molar-refractivity contribution < 1.29 is 14.3 Å². The molecule has 0 bridgehead atoms. The SMILES string of the molecule is CC(C)(C)OC(=O)N1CCC1COc1cncc(-c2cccc(CCCN)c2)c1. The van der Waals surface area contributed by atoms with Crippen LogP contribution in [0.25, 0.3) is 11.1 Å². The number of carbonyl (C=O) groups is 1. The molecule has 1 fully saturated rings. The first kappa shape index (κ1) is 21.1. The molecule has 0 saturated carbocycles. The normalized spacial score (nSPS) is 16.3. The van der Waals surface area contributed by atoms with E-state index in [-0.39, 0.29) is 12.1 Å². The number of nitrogens with two attached hydrogens (primary N) is 1. The van der Waals surface area contributed by atoms with Crippen LogP contribution in [0.3, 0.4) is 0 Å². The lowest BCUT2D eigenvalue weighted by Gasteiger charge is -2.40. The van der Waals surface area contributed by atoms with E-state index in [1.807, 2.05) is 33.0 Å². The maximum Gasteiger partial charge on any atom is 0.410 e. The lowest BCUT2D eigenvalue weighted by Crippen LogP contribution is -2.55. The zero-order valence-electron chi connectivity index (χ0n) is 17.6. The minimum Gasteiger partial charge on any atom is -0.490 e. The van der Waals surface area contributed by atoms with Gasteiger partial charge in [0.15, 0.2) is 0 Å². The number of aromatic nitrogens is 1. The highest BCUT2D eigenvalue weighted by Crippen LogP contribution is 2.26. The van der Waals surface area contributed by atoms with E-state index in [1.165, 1.54) is 5.56 Å². The van der Waals surface area contributed by atoms with Gasteiger partial charge in [-0.3, -0.25) is 4.98 Å². The van der Waals surface area contributed by atoms with Crippen LogP contribution in [-0.4, -0.2) is 47.3 Å². The van der Waals surface area contributed by atoms with Crippen LogP contribution in [0.15, 0.2) is 42.7 Å². The van der Waals surface area contributed by atoms with Gasteiger partial charge in [0.2, 0.25) is 0 Å². The number of nitrogens with zero attached hydrogens (tertiary/aromatic N) is 2. The molecule has 6 heteroatoms. The lowest BCUT2D eigenvalue weighted by molar-refractivity contribution is -0.0141.